The highest BCUT2D eigenvalue weighted by atomic mass is 35.5. The second-order valence-corrected chi connectivity index (χ2v) is 7.01. The predicted octanol–water partition coefficient (Wildman–Crippen LogP) is 4.29. The second kappa shape index (κ2) is 8.35. The summed E-state index contributed by atoms with van der Waals surface area (Å²) in [6.45, 7) is 0.980. The summed E-state index contributed by atoms with van der Waals surface area (Å²) in [6.07, 6.45) is 0. The van der Waals surface area contributed by atoms with Crippen molar-refractivity contribution < 1.29 is 4.79 Å². The minimum absolute atomic E-state index is 0.164. The van der Waals surface area contributed by atoms with Crippen LogP contribution in [0.2, 0.25) is 10.0 Å². The minimum atomic E-state index is -0.358. The molecule has 1 N–H and O–H groups in total. The smallest absolute Gasteiger partial charge is 0.241 e. The van der Waals surface area contributed by atoms with Gasteiger partial charge in [-0.1, -0.05) is 41.4 Å². The highest BCUT2D eigenvalue weighted by Gasteiger charge is 2.24. The number of benzodiazepines with no additional fused rings is 1. The molecule has 2 aromatic carbocycles. The van der Waals surface area contributed by atoms with Crippen LogP contribution in [0.25, 0.3) is 0 Å². The molecule has 1 aliphatic heterocycles. The monoisotopic (exact) mass is 425 g/mol. The summed E-state index contributed by atoms with van der Waals surface area (Å²) in [5.74, 6) is -0.522. The topological polar surface area (TPSA) is 44.7 Å². The number of alkyl halides is 1. The summed E-state index contributed by atoms with van der Waals surface area (Å²) in [5, 5.41) is 4.07. The molecule has 0 unspecified atom stereocenters. The third-order valence-corrected chi connectivity index (χ3v) is 4.97. The van der Waals surface area contributed by atoms with E-state index in [0.29, 0.717) is 23.1 Å². The van der Waals surface area contributed by atoms with Gasteiger partial charge < -0.3 is 10.2 Å². The van der Waals surface area contributed by atoms with Gasteiger partial charge in [0.25, 0.3) is 0 Å². The van der Waals surface area contributed by atoms with E-state index < -0.39 is 0 Å². The van der Waals surface area contributed by atoms with Crippen molar-refractivity contribution in [2.45, 2.75) is 0 Å². The Balaban J connectivity index is 2.08. The van der Waals surface area contributed by atoms with Crippen LogP contribution in [-0.4, -0.2) is 35.7 Å². The van der Waals surface area contributed by atoms with Crippen molar-refractivity contribution in [3.05, 3.63) is 63.6 Å². The molecule has 0 spiro atoms. The van der Waals surface area contributed by atoms with Gasteiger partial charge in [0.1, 0.15) is 5.88 Å². The van der Waals surface area contributed by atoms with Crippen LogP contribution in [0, 0.1) is 0 Å². The zero-order valence-corrected chi connectivity index (χ0v) is 16.6. The average Bonchev–Trinajstić information content (AvgIpc) is 2.81. The Morgan fingerprint density at radius 1 is 1.19 bits per heavy atom. The first-order chi connectivity index (χ1) is 12.5. The Labute approximate surface area is 171 Å². The van der Waals surface area contributed by atoms with Crippen molar-refractivity contribution in [2.75, 3.05) is 23.9 Å². The number of anilines is 1. The zero-order chi connectivity index (χ0) is 18.7. The normalized spacial score (nSPS) is 13.5. The molecule has 0 aliphatic carbocycles. The first-order valence-corrected chi connectivity index (χ1v) is 9.47. The van der Waals surface area contributed by atoms with E-state index in [1.54, 1.807) is 6.07 Å². The Kier molecular flexibility index (Phi) is 6.14. The fourth-order valence-electron chi connectivity index (χ4n) is 2.72. The Morgan fingerprint density at radius 2 is 1.96 bits per heavy atom. The van der Waals surface area contributed by atoms with Gasteiger partial charge >= 0.3 is 0 Å². The van der Waals surface area contributed by atoms with Gasteiger partial charge in [-0.25, -0.2) is 0 Å². The van der Waals surface area contributed by atoms with Gasteiger partial charge in [0, 0.05) is 27.7 Å². The molecule has 0 saturated heterocycles. The molecule has 0 saturated carbocycles. The number of carbonyl (C=O) groups excluding carboxylic acids is 1. The van der Waals surface area contributed by atoms with Gasteiger partial charge in [0.15, 0.2) is 5.11 Å². The Morgan fingerprint density at radius 3 is 2.69 bits per heavy atom. The van der Waals surface area contributed by atoms with E-state index in [1.165, 1.54) is 0 Å². The fourth-order valence-corrected chi connectivity index (χ4v) is 3.48. The molecule has 4 nitrogen and oxygen atoms in total. The predicted molar refractivity (Wildman–Crippen MR) is 112 cm³/mol. The molecular formula is C18H14Cl3N3OS. The molecule has 1 amide bonds. The standard InChI is InChI=1S/C18H14Cl3N3OS/c19-10-16(25)23-18(26)24-8-7-22-17(12-3-1-2-4-14(12)21)13-9-11(20)5-6-15(13)24/h1-6,9H,7-8,10H2,(H,23,25,26). The van der Waals surface area contributed by atoms with E-state index in [0.717, 1.165) is 22.5 Å². The molecule has 3 rings (SSSR count). The van der Waals surface area contributed by atoms with Crippen molar-refractivity contribution in [1.82, 2.24) is 5.32 Å². The lowest BCUT2D eigenvalue weighted by atomic mass is 10.00. The SMILES string of the molecule is O=C(CCl)NC(=S)N1CCN=C(c2ccccc2Cl)c2cc(Cl)ccc21. The highest BCUT2D eigenvalue weighted by Crippen LogP contribution is 2.31. The van der Waals surface area contributed by atoms with Crippen molar-refractivity contribution in [1.29, 1.82) is 0 Å². The van der Waals surface area contributed by atoms with Crippen molar-refractivity contribution in [3.8, 4) is 0 Å². The second-order valence-electron chi connectivity index (χ2n) is 5.51. The lowest BCUT2D eigenvalue weighted by Crippen LogP contribution is -2.44. The van der Waals surface area contributed by atoms with Gasteiger partial charge in [-0.3, -0.25) is 9.79 Å². The number of hydrogen-bond acceptors (Lipinski definition) is 3. The molecule has 8 heteroatoms. The van der Waals surface area contributed by atoms with Gasteiger partial charge in [0.05, 0.1) is 17.9 Å². The van der Waals surface area contributed by atoms with Gasteiger partial charge in [-0.05, 0) is 36.5 Å². The van der Waals surface area contributed by atoms with Crippen LogP contribution in [0.3, 0.4) is 0 Å². The lowest BCUT2D eigenvalue weighted by Gasteiger charge is -2.25. The van der Waals surface area contributed by atoms with Gasteiger partial charge in [-0.2, -0.15) is 0 Å². The molecule has 26 heavy (non-hydrogen) atoms. The van der Waals surface area contributed by atoms with Crippen molar-refractivity contribution >= 4 is 69.4 Å². The zero-order valence-electron chi connectivity index (χ0n) is 13.5. The molecule has 0 bridgehead atoms. The number of nitrogens with one attached hydrogen (secondary N) is 1. The first kappa shape index (κ1) is 19.1. The van der Waals surface area contributed by atoms with Crippen LogP contribution in [0.5, 0.6) is 0 Å². The summed E-state index contributed by atoms with van der Waals surface area (Å²) >= 11 is 23.6. The Bertz CT molecular complexity index is 901. The summed E-state index contributed by atoms with van der Waals surface area (Å²) in [7, 11) is 0. The van der Waals surface area contributed by atoms with Gasteiger partial charge in [-0.15, -0.1) is 11.6 Å². The maximum Gasteiger partial charge on any atom is 0.241 e. The average molecular weight is 427 g/mol. The van der Waals surface area contributed by atoms with Crippen LogP contribution in [0.4, 0.5) is 5.69 Å². The van der Waals surface area contributed by atoms with E-state index in [9.17, 15) is 4.79 Å². The largest absolute Gasteiger partial charge is 0.316 e. The van der Waals surface area contributed by atoms with Crippen LogP contribution < -0.4 is 10.2 Å². The molecule has 0 aromatic heterocycles. The molecule has 1 heterocycles. The van der Waals surface area contributed by atoms with Crippen molar-refractivity contribution in [2.24, 2.45) is 4.99 Å². The van der Waals surface area contributed by atoms with E-state index in [2.05, 4.69) is 5.32 Å². The molecule has 1 aliphatic rings. The molecule has 134 valence electrons. The molecule has 0 radical (unpaired) electrons. The summed E-state index contributed by atoms with van der Waals surface area (Å²) in [5.41, 5.74) is 3.15. The maximum absolute atomic E-state index is 11.6. The van der Waals surface area contributed by atoms with E-state index >= 15 is 0 Å². The number of fused-ring (bicyclic) bond motifs is 1. The number of nitrogens with zero attached hydrogens (tertiary/aromatic N) is 2. The number of halogens is 3. The number of rotatable bonds is 2. The van der Waals surface area contributed by atoms with Crippen molar-refractivity contribution in [3.63, 3.8) is 0 Å². The molecule has 0 fully saturated rings. The molecule has 0 atom stereocenters. The summed E-state index contributed by atoms with van der Waals surface area (Å²) in [4.78, 5) is 18.1. The number of carbonyl (C=O) groups is 1. The minimum Gasteiger partial charge on any atom is -0.316 e. The first-order valence-electron chi connectivity index (χ1n) is 7.78. The molecular weight excluding hydrogens is 413 g/mol. The van der Waals surface area contributed by atoms with Crippen LogP contribution in [0.15, 0.2) is 47.5 Å². The third-order valence-electron chi connectivity index (χ3n) is 3.84. The number of amides is 1. The quantitative estimate of drug-likeness (QED) is 0.575. The van der Waals surface area contributed by atoms with Crippen LogP contribution >= 0.6 is 47.0 Å². The Hall–Kier alpha value is -1.66. The van der Waals surface area contributed by atoms with E-state index in [4.69, 9.17) is 52.0 Å². The summed E-state index contributed by atoms with van der Waals surface area (Å²) in [6, 6.07) is 13.0. The van der Waals surface area contributed by atoms with E-state index in [1.807, 2.05) is 41.3 Å². The lowest BCUT2D eigenvalue weighted by molar-refractivity contribution is -0.117. The van der Waals surface area contributed by atoms with Crippen LogP contribution in [-0.2, 0) is 4.79 Å². The number of hydrogen-bond donors (Lipinski definition) is 1. The number of benzene rings is 2. The summed E-state index contributed by atoms with van der Waals surface area (Å²) < 4.78 is 0. The number of thiocarbonyl (C=S) groups is 1. The van der Waals surface area contributed by atoms with Crippen LogP contribution in [0.1, 0.15) is 11.1 Å². The third kappa shape index (κ3) is 4.01. The number of aliphatic imine (C=N–C) groups is 1. The van der Waals surface area contributed by atoms with Gasteiger partial charge in [0.2, 0.25) is 5.91 Å². The molecule has 2 aromatic rings. The van der Waals surface area contributed by atoms with E-state index in [-0.39, 0.29) is 16.9 Å². The highest BCUT2D eigenvalue weighted by molar-refractivity contribution is 7.80. The fraction of sp³-hybridized carbons (Fsp3) is 0.167. The maximum atomic E-state index is 11.6.